The Morgan fingerprint density at radius 3 is 2.57 bits per heavy atom. The molecule has 0 bridgehead atoms. The van der Waals surface area contributed by atoms with E-state index < -0.39 is 11.9 Å². The van der Waals surface area contributed by atoms with Crippen molar-refractivity contribution < 1.29 is 29.0 Å². The zero-order chi connectivity index (χ0) is 20.3. The molecule has 0 saturated carbocycles. The normalized spacial score (nSPS) is 17.0. The lowest BCUT2D eigenvalue weighted by Gasteiger charge is -2.32. The number of carbonyl (C=O) groups is 4. The van der Waals surface area contributed by atoms with Gasteiger partial charge in [0.15, 0.2) is 6.61 Å². The van der Waals surface area contributed by atoms with Crippen molar-refractivity contribution in [3.05, 3.63) is 24.3 Å². The highest BCUT2D eigenvalue weighted by Crippen LogP contribution is 2.31. The average molecular weight is 389 g/mol. The Hall–Kier alpha value is -3.10. The van der Waals surface area contributed by atoms with Crippen molar-refractivity contribution in [2.24, 2.45) is 5.92 Å². The van der Waals surface area contributed by atoms with E-state index in [1.165, 1.54) is 16.8 Å². The molecule has 150 valence electrons. The topological polar surface area (TPSA) is 107 Å². The molecule has 9 nitrogen and oxygen atoms in total. The van der Waals surface area contributed by atoms with Crippen molar-refractivity contribution in [3.8, 4) is 5.75 Å². The van der Waals surface area contributed by atoms with Crippen molar-refractivity contribution in [2.45, 2.75) is 12.8 Å². The van der Waals surface area contributed by atoms with Crippen LogP contribution in [0.15, 0.2) is 24.3 Å². The highest BCUT2D eigenvalue weighted by molar-refractivity contribution is 6.02. The number of ether oxygens (including phenoxy) is 1. The van der Waals surface area contributed by atoms with E-state index >= 15 is 0 Å². The fourth-order valence-corrected chi connectivity index (χ4v) is 3.35. The van der Waals surface area contributed by atoms with Gasteiger partial charge in [-0.3, -0.25) is 24.1 Å². The van der Waals surface area contributed by atoms with E-state index in [-0.39, 0.29) is 37.4 Å². The molecular formula is C19H23N3O6. The Morgan fingerprint density at radius 1 is 1.21 bits per heavy atom. The summed E-state index contributed by atoms with van der Waals surface area (Å²) in [6.07, 6.45) is 0.829. The van der Waals surface area contributed by atoms with Crippen molar-refractivity contribution in [2.75, 3.05) is 44.7 Å². The second kappa shape index (κ2) is 8.28. The number of carbonyl (C=O) groups excluding carboxylic acids is 3. The average Bonchev–Trinajstić information content (AvgIpc) is 2.70. The van der Waals surface area contributed by atoms with Gasteiger partial charge in [0.2, 0.25) is 11.8 Å². The fourth-order valence-electron chi connectivity index (χ4n) is 3.35. The first-order chi connectivity index (χ1) is 13.4. The number of carboxylic acid groups (broad SMARTS) is 1. The van der Waals surface area contributed by atoms with Gasteiger partial charge < -0.3 is 19.6 Å². The zero-order valence-corrected chi connectivity index (χ0v) is 15.7. The number of fused-ring (bicyclic) bond motifs is 1. The second-order valence-corrected chi connectivity index (χ2v) is 6.98. The Kier molecular flexibility index (Phi) is 5.81. The van der Waals surface area contributed by atoms with Gasteiger partial charge in [-0.15, -0.1) is 0 Å². The summed E-state index contributed by atoms with van der Waals surface area (Å²) < 4.78 is 5.36. The third kappa shape index (κ3) is 4.24. The third-order valence-corrected chi connectivity index (χ3v) is 5.10. The molecule has 3 rings (SSSR count). The third-order valence-electron chi connectivity index (χ3n) is 5.10. The van der Waals surface area contributed by atoms with E-state index in [1.54, 1.807) is 29.2 Å². The van der Waals surface area contributed by atoms with Crippen LogP contribution in [0, 0.1) is 5.92 Å². The van der Waals surface area contributed by atoms with E-state index in [0.29, 0.717) is 37.4 Å². The summed E-state index contributed by atoms with van der Waals surface area (Å²) in [7, 11) is 1.51. The molecule has 2 aliphatic heterocycles. The van der Waals surface area contributed by atoms with Gasteiger partial charge in [-0.1, -0.05) is 12.1 Å². The van der Waals surface area contributed by atoms with Crippen molar-refractivity contribution in [1.82, 2.24) is 9.80 Å². The molecule has 1 fully saturated rings. The molecule has 28 heavy (non-hydrogen) atoms. The van der Waals surface area contributed by atoms with Crippen molar-refractivity contribution in [3.63, 3.8) is 0 Å². The van der Waals surface area contributed by atoms with Crippen LogP contribution in [0.2, 0.25) is 0 Å². The summed E-state index contributed by atoms with van der Waals surface area (Å²) in [5, 5.41) is 9.03. The van der Waals surface area contributed by atoms with Crippen LogP contribution in [0.3, 0.4) is 0 Å². The molecule has 0 radical (unpaired) electrons. The van der Waals surface area contributed by atoms with Crippen LogP contribution in [-0.2, 0) is 19.2 Å². The van der Waals surface area contributed by atoms with Gasteiger partial charge >= 0.3 is 5.97 Å². The Labute approximate surface area is 162 Å². The molecule has 0 aliphatic carbocycles. The molecule has 3 amide bonds. The van der Waals surface area contributed by atoms with E-state index in [4.69, 9.17) is 9.84 Å². The molecule has 2 heterocycles. The maximum Gasteiger partial charge on any atom is 0.306 e. The number of carboxylic acids is 1. The minimum Gasteiger partial charge on any atom is -0.482 e. The summed E-state index contributed by atoms with van der Waals surface area (Å²) in [5.74, 6) is -1.63. The van der Waals surface area contributed by atoms with Gasteiger partial charge in [-0.05, 0) is 25.0 Å². The molecule has 1 aromatic rings. The minimum atomic E-state index is -0.838. The number of piperidine rings is 1. The van der Waals surface area contributed by atoms with Crippen molar-refractivity contribution in [1.29, 1.82) is 0 Å². The minimum absolute atomic E-state index is 0.114. The van der Waals surface area contributed by atoms with E-state index in [9.17, 15) is 19.2 Å². The second-order valence-electron chi connectivity index (χ2n) is 6.98. The monoisotopic (exact) mass is 389 g/mol. The number of benzene rings is 1. The number of nitrogens with zero attached hydrogens (tertiary/aromatic N) is 3. The zero-order valence-electron chi connectivity index (χ0n) is 15.7. The standard InChI is InChI=1S/C19H23N3O6/c1-20(10-17(24)21-8-6-13(7-9-21)19(26)27)16(23)11-22-14-4-2-3-5-15(14)28-12-18(22)25/h2-5,13H,6-12H2,1H3,(H,26,27). The lowest BCUT2D eigenvalue weighted by atomic mass is 9.97. The number of para-hydroxylation sites is 2. The molecular weight excluding hydrogens is 366 g/mol. The first-order valence-electron chi connectivity index (χ1n) is 9.13. The molecule has 0 aromatic heterocycles. The lowest BCUT2D eigenvalue weighted by molar-refractivity contribution is -0.146. The molecule has 0 unspecified atom stereocenters. The van der Waals surface area contributed by atoms with Crippen LogP contribution in [0.5, 0.6) is 5.75 Å². The highest BCUT2D eigenvalue weighted by atomic mass is 16.5. The first-order valence-corrected chi connectivity index (χ1v) is 9.13. The Balaban J connectivity index is 1.56. The van der Waals surface area contributed by atoms with E-state index in [2.05, 4.69) is 0 Å². The molecule has 1 aromatic carbocycles. The van der Waals surface area contributed by atoms with Crippen LogP contribution >= 0.6 is 0 Å². The van der Waals surface area contributed by atoms with Gasteiger partial charge in [0.1, 0.15) is 12.3 Å². The molecule has 9 heteroatoms. The number of likely N-dealkylation sites (tertiary alicyclic amines) is 1. The van der Waals surface area contributed by atoms with Crippen LogP contribution in [-0.4, -0.2) is 78.4 Å². The first kappa shape index (κ1) is 19.7. The summed E-state index contributed by atoms with van der Waals surface area (Å²) in [4.78, 5) is 52.4. The van der Waals surface area contributed by atoms with Crippen LogP contribution in [0.4, 0.5) is 5.69 Å². The number of hydrogen-bond donors (Lipinski definition) is 1. The quantitative estimate of drug-likeness (QED) is 0.771. The van der Waals surface area contributed by atoms with Crippen LogP contribution in [0.1, 0.15) is 12.8 Å². The molecule has 0 spiro atoms. The molecule has 0 atom stereocenters. The number of hydrogen-bond acceptors (Lipinski definition) is 5. The van der Waals surface area contributed by atoms with Gasteiger partial charge in [0.25, 0.3) is 5.91 Å². The number of amides is 3. The van der Waals surface area contributed by atoms with Crippen LogP contribution < -0.4 is 9.64 Å². The highest BCUT2D eigenvalue weighted by Gasteiger charge is 2.30. The summed E-state index contributed by atoms with van der Waals surface area (Å²) in [6.45, 7) is 0.312. The van der Waals surface area contributed by atoms with E-state index in [0.717, 1.165) is 0 Å². The molecule has 1 N–H and O–H groups in total. The van der Waals surface area contributed by atoms with Gasteiger partial charge in [-0.2, -0.15) is 0 Å². The van der Waals surface area contributed by atoms with E-state index in [1.807, 2.05) is 0 Å². The smallest absolute Gasteiger partial charge is 0.306 e. The Morgan fingerprint density at radius 2 is 1.89 bits per heavy atom. The summed E-state index contributed by atoms with van der Waals surface area (Å²) in [6, 6.07) is 6.98. The Bertz CT molecular complexity index is 788. The van der Waals surface area contributed by atoms with Crippen molar-refractivity contribution >= 4 is 29.4 Å². The molecule has 2 aliphatic rings. The van der Waals surface area contributed by atoms with Gasteiger partial charge in [0, 0.05) is 20.1 Å². The number of anilines is 1. The number of aliphatic carboxylic acids is 1. The SMILES string of the molecule is CN(CC(=O)N1CCC(C(=O)O)CC1)C(=O)CN1C(=O)COc2ccccc21. The lowest BCUT2D eigenvalue weighted by Crippen LogP contribution is -2.49. The number of rotatable bonds is 5. The number of likely N-dealkylation sites (N-methyl/N-ethyl adjacent to an activating group) is 1. The van der Waals surface area contributed by atoms with Crippen LogP contribution in [0.25, 0.3) is 0 Å². The van der Waals surface area contributed by atoms with Gasteiger partial charge in [-0.25, -0.2) is 0 Å². The molecule has 1 saturated heterocycles. The predicted octanol–water partition coefficient (Wildman–Crippen LogP) is 0.194. The maximum absolute atomic E-state index is 12.6. The fraction of sp³-hybridized carbons (Fsp3) is 0.474. The predicted molar refractivity (Wildman–Crippen MR) is 98.9 cm³/mol. The summed E-state index contributed by atoms with van der Waals surface area (Å²) in [5.41, 5.74) is 0.530. The summed E-state index contributed by atoms with van der Waals surface area (Å²) >= 11 is 0. The van der Waals surface area contributed by atoms with Gasteiger partial charge in [0.05, 0.1) is 18.2 Å². The largest absolute Gasteiger partial charge is 0.482 e. The maximum atomic E-state index is 12.6.